The van der Waals surface area contributed by atoms with Crippen LogP contribution in [0.25, 0.3) is 5.57 Å². The molecule has 0 aliphatic carbocycles. The number of amidine groups is 1. The number of hydrogen-bond donors (Lipinski definition) is 1. The molecule has 30 heavy (non-hydrogen) atoms. The highest BCUT2D eigenvalue weighted by Gasteiger charge is 2.36. The maximum atomic E-state index is 11.1. The fourth-order valence-corrected chi connectivity index (χ4v) is 4.58. The molecule has 2 aliphatic heterocycles. The van der Waals surface area contributed by atoms with Crippen LogP contribution in [0, 0.1) is 10.1 Å². The summed E-state index contributed by atoms with van der Waals surface area (Å²) in [6, 6.07) is 14.7. The Morgan fingerprint density at radius 1 is 1.17 bits per heavy atom. The SMILES string of the molecule is CCC1=CN2C(=NC(N)=C(c3ccc([N+](=O)[O-])cc3)C2c2ccc(N(C)C)cc2)S1. The molecule has 1 atom stereocenters. The van der Waals surface area contributed by atoms with Crippen molar-refractivity contribution >= 4 is 33.9 Å². The molecule has 0 saturated heterocycles. The van der Waals surface area contributed by atoms with Crippen molar-refractivity contribution in [3.8, 4) is 0 Å². The number of nitro groups is 1. The zero-order chi connectivity index (χ0) is 21.4. The third-order valence-electron chi connectivity index (χ3n) is 5.23. The summed E-state index contributed by atoms with van der Waals surface area (Å²) in [4.78, 5) is 20.8. The van der Waals surface area contributed by atoms with Crippen molar-refractivity contribution in [3.63, 3.8) is 0 Å². The molecule has 0 bridgehead atoms. The molecule has 4 rings (SSSR count). The van der Waals surface area contributed by atoms with Gasteiger partial charge in [-0.3, -0.25) is 10.1 Å². The van der Waals surface area contributed by atoms with E-state index in [9.17, 15) is 10.1 Å². The van der Waals surface area contributed by atoms with Crippen molar-refractivity contribution < 1.29 is 4.92 Å². The lowest BCUT2D eigenvalue weighted by molar-refractivity contribution is -0.384. The molecular weight excluding hydrogens is 398 g/mol. The Labute approximate surface area is 179 Å². The van der Waals surface area contributed by atoms with Crippen molar-refractivity contribution in [2.24, 2.45) is 10.7 Å². The first kappa shape index (κ1) is 20.0. The van der Waals surface area contributed by atoms with E-state index in [2.05, 4.69) is 52.2 Å². The smallest absolute Gasteiger partial charge is 0.269 e. The van der Waals surface area contributed by atoms with Crippen LogP contribution in [0.4, 0.5) is 11.4 Å². The number of anilines is 1. The number of allylic oxidation sites excluding steroid dienone is 1. The normalized spacial score (nSPS) is 18.1. The third-order valence-corrected chi connectivity index (χ3v) is 6.37. The molecular formula is C22H23N5O2S. The van der Waals surface area contributed by atoms with E-state index >= 15 is 0 Å². The number of nitro benzene ring substituents is 1. The van der Waals surface area contributed by atoms with Gasteiger partial charge in [0.15, 0.2) is 5.17 Å². The number of non-ortho nitro benzene ring substituents is 1. The number of fused-ring (bicyclic) bond motifs is 1. The monoisotopic (exact) mass is 421 g/mol. The highest BCUT2D eigenvalue weighted by Crippen LogP contribution is 2.46. The molecule has 1 unspecified atom stereocenters. The van der Waals surface area contributed by atoms with Crippen LogP contribution in [-0.2, 0) is 0 Å². The Bertz CT molecular complexity index is 1070. The van der Waals surface area contributed by atoms with Gasteiger partial charge >= 0.3 is 0 Å². The second-order valence-electron chi connectivity index (χ2n) is 7.34. The summed E-state index contributed by atoms with van der Waals surface area (Å²) >= 11 is 1.63. The summed E-state index contributed by atoms with van der Waals surface area (Å²) in [5.74, 6) is 0.440. The Morgan fingerprint density at radius 3 is 2.40 bits per heavy atom. The molecule has 2 aromatic rings. The topological polar surface area (TPSA) is 88.0 Å². The van der Waals surface area contributed by atoms with Crippen LogP contribution >= 0.6 is 11.8 Å². The van der Waals surface area contributed by atoms with Gasteiger partial charge in [-0.05, 0) is 41.8 Å². The molecule has 154 valence electrons. The number of benzene rings is 2. The minimum atomic E-state index is -0.399. The van der Waals surface area contributed by atoms with Crippen LogP contribution in [0.1, 0.15) is 30.5 Å². The predicted octanol–water partition coefficient (Wildman–Crippen LogP) is 4.70. The Hall–Kier alpha value is -3.26. The molecule has 7 nitrogen and oxygen atoms in total. The largest absolute Gasteiger partial charge is 0.383 e. The zero-order valence-electron chi connectivity index (χ0n) is 17.1. The van der Waals surface area contributed by atoms with Gasteiger partial charge in [0, 0.05) is 48.6 Å². The minimum Gasteiger partial charge on any atom is -0.383 e. The molecule has 0 fully saturated rings. The van der Waals surface area contributed by atoms with Gasteiger partial charge in [0.05, 0.1) is 11.0 Å². The van der Waals surface area contributed by atoms with Gasteiger partial charge in [0.2, 0.25) is 0 Å². The van der Waals surface area contributed by atoms with Crippen LogP contribution < -0.4 is 10.6 Å². The van der Waals surface area contributed by atoms with Gasteiger partial charge in [-0.15, -0.1) is 0 Å². The van der Waals surface area contributed by atoms with E-state index in [0.29, 0.717) is 5.82 Å². The minimum absolute atomic E-state index is 0.0506. The lowest BCUT2D eigenvalue weighted by Gasteiger charge is -2.34. The van der Waals surface area contributed by atoms with Crippen LogP contribution in [-0.4, -0.2) is 29.1 Å². The molecule has 0 radical (unpaired) electrons. The first-order chi connectivity index (χ1) is 14.4. The van der Waals surface area contributed by atoms with Crippen LogP contribution in [0.3, 0.4) is 0 Å². The van der Waals surface area contributed by atoms with E-state index in [1.165, 1.54) is 17.0 Å². The molecule has 2 aliphatic rings. The number of thioether (sulfide) groups is 1. The number of nitrogens with two attached hydrogens (primary N) is 1. The first-order valence-electron chi connectivity index (χ1n) is 9.66. The fourth-order valence-electron chi connectivity index (χ4n) is 3.63. The zero-order valence-corrected chi connectivity index (χ0v) is 17.9. The third kappa shape index (κ3) is 3.54. The van der Waals surface area contributed by atoms with Gasteiger partial charge < -0.3 is 15.5 Å². The van der Waals surface area contributed by atoms with E-state index in [1.54, 1.807) is 23.9 Å². The number of aliphatic imine (C=N–C) groups is 1. The Morgan fingerprint density at radius 2 is 1.83 bits per heavy atom. The summed E-state index contributed by atoms with van der Waals surface area (Å²) in [6.07, 6.45) is 3.05. The number of hydrogen-bond acceptors (Lipinski definition) is 7. The van der Waals surface area contributed by atoms with Crippen LogP contribution in [0.15, 0.2) is 70.4 Å². The maximum Gasteiger partial charge on any atom is 0.269 e. The molecule has 0 amide bonds. The van der Waals surface area contributed by atoms with Gasteiger partial charge in [0.1, 0.15) is 5.82 Å². The molecule has 8 heteroatoms. The molecule has 2 aromatic carbocycles. The summed E-state index contributed by atoms with van der Waals surface area (Å²) in [7, 11) is 4.02. The van der Waals surface area contributed by atoms with Crippen LogP contribution in [0.5, 0.6) is 0 Å². The van der Waals surface area contributed by atoms with E-state index < -0.39 is 4.92 Å². The maximum absolute atomic E-state index is 11.1. The van der Waals surface area contributed by atoms with Crippen molar-refractivity contribution in [2.75, 3.05) is 19.0 Å². The van der Waals surface area contributed by atoms with E-state index in [0.717, 1.165) is 34.0 Å². The number of nitrogens with zero attached hydrogens (tertiary/aromatic N) is 4. The molecule has 2 heterocycles. The van der Waals surface area contributed by atoms with Crippen molar-refractivity contribution in [3.05, 3.63) is 86.7 Å². The average molecular weight is 422 g/mol. The van der Waals surface area contributed by atoms with Gasteiger partial charge in [0.25, 0.3) is 5.69 Å². The van der Waals surface area contributed by atoms with Gasteiger partial charge in [-0.25, -0.2) is 4.99 Å². The van der Waals surface area contributed by atoms with E-state index in [1.807, 2.05) is 14.1 Å². The molecule has 0 saturated carbocycles. The molecule has 2 N–H and O–H groups in total. The van der Waals surface area contributed by atoms with Crippen LogP contribution in [0.2, 0.25) is 0 Å². The highest BCUT2D eigenvalue weighted by atomic mass is 32.2. The second kappa shape index (κ2) is 7.87. The average Bonchev–Trinajstić information content (AvgIpc) is 3.15. The summed E-state index contributed by atoms with van der Waals surface area (Å²) in [5.41, 5.74) is 10.4. The van der Waals surface area contributed by atoms with E-state index in [-0.39, 0.29) is 11.7 Å². The summed E-state index contributed by atoms with van der Waals surface area (Å²) in [5, 5.41) is 11.9. The van der Waals surface area contributed by atoms with Gasteiger partial charge in [-0.2, -0.15) is 0 Å². The number of rotatable bonds is 5. The second-order valence-corrected chi connectivity index (χ2v) is 8.44. The Kier molecular flexibility index (Phi) is 5.26. The fraction of sp³-hybridized carbons (Fsp3) is 0.227. The van der Waals surface area contributed by atoms with Crippen molar-refractivity contribution in [1.29, 1.82) is 0 Å². The van der Waals surface area contributed by atoms with Crippen molar-refractivity contribution in [1.82, 2.24) is 4.90 Å². The van der Waals surface area contributed by atoms with E-state index in [4.69, 9.17) is 5.73 Å². The summed E-state index contributed by atoms with van der Waals surface area (Å²) < 4.78 is 0. The molecule has 0 spiro atoms. The molecule has 0 aromatic heterocycles. The summed E-state index contributed by atoms with van der Waals surface area (Å²) in [6.45, 7) is 2.12. The first-order valence-corrected chi connectivity index (χ1v) is 10.5. The highest BCUT2D eigenvalue weighted by molar-refractivity contribution is 8.17. The quantitative estimate of drug-likeness (QED) is 0.556. The Balaban J connectivity index is 1.83. The lowest BCUT2D eigenvalue weighted by atomic mass is 9.90. The standard InChI is InChI=1S/C22H23N5O2S/c1-4-18-13-26-20(15-7-9-16(10-8-15)25(2)3)19(21(23)24-22(26)30-18)14-5-11-17(12-6-14)27(28)29/h5-13,20H,4,23H2,1-3H3. The van der Waals surface area contributed by atoms with Gasteiger partial charge in [-0.1, -0.05) is 30.8 Å². The predicted molar refractivity (Wildman–Crippen MR) is 123 cm³/mol. The lowest BCUT2D eigenvalue weighted by Crippen LogP contribution is -2.32. The van der Waals surface area contributed by atoms with Crippen molar-refractivity contribution in [2.45, 2.75) is 19.4 Å².